The Bertz CT molecular complexity index is 906. The lowest BCUT2D eigenvalue weighted by Gasteiger charge is -2.13. The van der Waals surface area contributed by atoms with Gasteiger partial charge in [0.15, 0.2) is 16.6 Å². The first-order valence-electron chi connectivity index (χ1n) is 8.54. The zero-order chi connectivity index (χ0) is 19.6. The number of benzene rings is 2. The van der Waals surface area contributed by atoms with Crippen molar-refractivity contribution in [3.8, 4) is 11.5 Å². The second kappa shape index (κ2) is 7.80. The zero-order valence-electron chi connectivity index (χ0n) is 15.9. The molecule has 2 aromatic carbocycles. The maximum atomic E-state index is 12.3. The standard InChI is InChI=1S/C21H22N2O3S/c1-14-5-7-15(8-6-14)13-26-18-10-9-16(12-19(18)25-4)11-17-20(24)23(3)21(27)22(17)2/h5-12H,13H2,1-4H3/b17-11-. The van der Waals surface area contributed by atoms with Gasteiger partial charge in [-0.05, 0) is 48.5 Å². The minimum atomic E-state index is -0.124. The molecule has 0 unspecified atom stereocenters. The van der Waals surface area contributed by atoms with Crippen molar-refractivity contribution in [1.82, 2.24) is 9.80 Å². The Morgan fingerprint density at radius 2 is 1.74 bits per heavy atom. The smallest absolute Gasteiger partial charge is 0.276 e. The number of nitrogens with zero attached hydrogens (tertiary/aromatic N) is 2. The van der Waals surface area contributed by atoms with E-state index in [1.54, 1.807) is 32.2 Å². The molecule has 2 aromatic rings. The number of carbonyl (C=O) groups excluding carboxylic acids is 1. The minimum Gasteiger partial charge on any atom is -0.493 e. The van der Waals surface area contributed by atoms with Crippen molar-refractivity contribution in [3.05, 3.63) is 64.9 Å². The maximum Gasteiger partial charge on any atom is 0.276 e. The third kappa shape index (κ3) is 3.95. The molecule has 0 radical (unpaired) electrons. The topological polar surface area (TPSA) is 42.0 Å². The molecular formula is C21H22N2O3S. The van der Waals surface area contributed by atoms with Crippen molar-refractivity contribution in [1.29, 1.82) is 0 Å². The molecule has 1 amide bonds. The van der Waals surface area contributed by atoms with Gasteiger partial charge in [-0.25, -0.2) is 0 Å². The largest absolute Gasteiger partial charge is 0.493 e. The molecule has 0 aromatic heterocycles. The van der Waals surface area contributed by atoms with Crippen LogP contribution in [0, 0.1) is 6.92 Å². The number of ether oxygens (including phenoxy) is 2. The first-order chi connectivity index (χ1) is 12.9. The van der Waals surface area contributed by atoms with E-state index in [0.29, 0.717) is 28.9 Å². The molecule has 0 spiro atoms. The third-order valence-corrected chi connectivity index (χ3v) is 5.01. The fourth-order valence-corrected chi connectivity index (χ4v) is 2.97. The van der Waals surface area contributed by atoms with E-state index in [0.717, 1.165) is 11.1 Å². The molecule has 0 saturated carbocycles. The average Bonchev–Trinajstić information content (AvgIpc) is 2.86. The molecule has 0 aliphatic carbocycles. The van der Waals surface area contributed by atoms with Gasteiger partial charge in [-0.2, -0.15) is 0 Å². The van der Waals surface area contributed by atoms with Crippen LogP contribution in [0.1, 0.15) is 16.7 Å². The lowest BCUT2D eigenvalue weighted by Crippen LogP contribution is -2.26. The molecule has 1 fully saturated rings. The lowest BCUT2D eigenvalue weighted by molar-refractivity contribution is -0.121. The van der Waals surface area contributed by atoms with Crippen molar-refractivity contribution in [2.24, 2.45) is 0 Å². The molecule has 1 saturated heterocycles. The molecule has 0 atom stereocenters. The summed E-state index contributed by atoms with van der Waals surface area (Å²) in [7, 11) is 5.05. The van der Waals surface area contributed by atoms with Gasteiger partial charge in [-0.3, -0.25) is 9.69 Å². The normalized spacial score (nSPS) is 15.6. The highest BCUT2D eigenvalue weighted by Crippen LogP contribution is 2.30. The van der Waals surface area contributed by atoms with Crippen LogP contribution in [0.25, 0.3) is 6.08 Å². The lowest BCUT2D eigenvalue weighted by atomic mass is 10.1. The van der Waals surface area contributed by atoms with E-state index >= 15 is 0 Å². The summed E-state index contributed by atoms with van der Waals surface area (Å²) in [5, 5.41) is 0.483. The predicted octanol–water partition coefficient (Wildman–Crippen LogP) is 3.61. The number of carbonyl (C=O) groups is 1. The number of methoxy groups -OCH3 is 1. The van der Waals surface area contributed by atoms with E-state index in [2.05, 4.69) is 19.1 Å². The average molecular weight is 382 g/mol. The van der Waals surface area contributed by atoms with Crippen LogP contribution in [0.15, 0.2) is 48.2 Å². The Morgan fingerprint density at radius 3 is 2.33 bits per heavy atom. The van der Waals surface area contributed by atoms with Gasteiger partial charge in [0, 0.05) is 14.1 Å². The van der Waals surface area contributed by atoms with Crippen LogP contribution in [0.2, 0.25) is 0 Å². The van der Waals surface area contributed by atoms with E-state index in [1.807, 2.05) is 30.3 Å². The van der Waals surface area contributed by atoms with Crippen LogP contribution in [-0.2, 0) is 11.4 Å². The summed E-state index contributed by atoms with van der Waals surface area (Å²) in [5.74, 6) is 1.14. The summed E-state index contributed by atoms with van der Waals surface area (Å²) in [5.41, 5.74) is 3.66. The molecular weight excluding hydrogens is 360 g/mol. The van der Waals surface area contributed by atoms with Gasteiger partial charge in [0.25, 0.3) is 5.91 Å². The second-order valence-corrected chi connectivity index (χ2v) is 6.79. The number of thiocarbonyl (C=S) groups is 1. The molecule has 1 aliphatic rings. The van der Waals surface area contributed by atoms with Crippen LogP contribution in [0.4, 0.5) is 0 Å². The number of amides is 1. The number of likely N-dealkylation sites (N-methyl/N-ethyl adjacent to an activating group) is 2. The van der Waals surface area contributed by atoms with Crippen LogP contribution in [0.3, 0.4) is 0 Å². The second-order valence-electron chi connectivity index (χ2n) is 6.42. The Morgan fingerprint density at radius 1 is 1.04 bits per heavy atom. The third-order valence-electron chi connectivity index (χ3n) is 4.46. The van der Waals surface area contributed by atoms with Crippen LogP contribution in [-0.4, -0.2) is 42.0 Å². The minimum absolute atomic E-state index is 0.124. The van der Waals surface area contributed by atoms with Crippen molar-refractivity contribution >= 4 is 29.3 Å². The summed E-state index contributed by atoms with van der Waals surface area (Å²) in [4.78, 5) is 15.5. The quantitative estimate of drug-likeness (QED) is 0.584. The van der Waals surface area contributed by atoms with E-state index in [9.17, 15) is 4.79 Å². The van der Waals surface area contributed by atoms with E-state index in [4.69, 9.17) is 21.7 Å². The Hall–Kier alpha value is -2.86. The van der Waals surface area contributed by atoms with Crippen LogP contribution < -0.4 is 9.47 Å². The molecule has 0 N–H and O–H groups in total. The maximum absolute atomic E-state index is 12.3. The van der Waals surface area contributed by atoms with Crippen LogP contribution in [0.5, 0.6) is 11.5 Å². The van der Waals surface area contributed by atoms with Gasteiger partial charge in [-0.15, -0.1) is 0 Å². The molecule has 5 nitrogen and oxygen atoms in total. The zero-order valence-corrected chi connectivity index (χ0v) is 16.7. The Labute approximate surface area is 164 Å². The molecule has 140 valence electrons. The summed E-state index contributed by atoms with van der Waals surface area (Å²) in [6, 6.07) is 13.8. The molecule has 1 heterocycles. The molecule has 0 bridgehead atoms. The van der Waals surface area contributed by atoms with E-state index in [1.165, 1.54) is 10.5 Å². The van der Waals surface area contributed by atoms with Crippen molar-refractivity contribution < 1.29 is 14.3 Å². The Kier molecular flexibility index (Phi) is 5.46. The summed E-state index contributed by atoms with van der Waals surface area (Å²) in [6.45, 7) is 2.51. The fourth-order valence-electron chi connectivity index (χ4n) is 2.79. The van der Waals surface area contributed by atoms with Gasteiger partial charge in [0.05, 0.1) is 7.11 Å². The van der Waals surface area contributed by atoms with Crippen LogP contribution >= 0.6 is 12.2 Å². The highest BCUT2D eigenvalue weighted by atomic mass is 32.1. The van der Waals surface area contributed by atoms with Gasteiger partial charge in [0.1, 0.15) is 12.3 Å². The van der Waals surface area contributed by atoms with E-state index < -0.39 is 0 Å². The predicted molar refractivity (Wildman–Crippen MR) is 110 cm³/mol. The highest BCUT2D eigenvalue weighted by Gasteiger charge is 2.32. The van der Waals surface area contributed by atoms with Crippen molar-refractivity contribution in [3.63, 3.8) is 0 Å². The van der Waals surface area contributed by atoms with Crippen molar-refractivity contribution in [2.45, 2.75) is 13.5 Å². The van der Waals surface area contributed by atoms with Gasteiger partial charge >= 0.3 is 0 Å². The first-order valence-corrected chi connectivity index (χ1v) is 8.95. The number of rotatable bonds is 5. The van der Waals surface area contributed by atoms with Gasteiger partial charge in [-0.1, -0.05) is 35.9 Å². The highest BCUT2D eigenvalue weighted by molar-refractivity contribution is 7.80. The summed E-state index contributed by atoms with van der Waals surface area (Å²) >= 11 is 5.24. The molecule has 6 heteroatoms. The number of hydrogen-bond acceptors (Lipinski definition) is 4. The number of hydrogen-bond donors (Lipinski definition) is 0. The van der Waals surface area contributed by atoms with Gasteiger partial charge < -0.3 is 14.4 Å². The van der Waals surface area contributed by atoms with Gasteiger partial charge in [0.2, 0.25) is 0 Å². The fraction of sp³-hybridized carbons (Fsp3) is 0.238. The monoisotopic (exact) mass is 382 g/mol. The summed E-state index contributed by atoms with van der Waals surface area (Å²) in [6.07, 6.45) is 1.80. The SMILES string of the molecule is COc1cc(/C=C2/C(=O)N(C)C(=S)N2C)ccc1OCc1ccc(C)cc1. The first kappa shape index (κ1) is 18.9. The van der Waals surface area contributed by atoms with E-state index in [-0.39, 0.29) is 5.91 Å². The summed E-state index contributed by atoms with van der Waals surface area (Å²) < 4.78 is 11.4. The number of aryl methyl sites for hydroxylation is 1. The molecule has 1 aliphatic heterocycles. The van der Waals surface area contributed by atoms with Crippen molar-refractivity contribution in [2.75, 3.05) is 21.2 Å². The molecule has 27 heavy (non-hydrogen) atoms. The molecule has 3 rings (SSSR count). The Balaban J connectivity index is 1.80.